The summed E-state index contributed by atoms with van der Waals surface area (Å²) in [6.45, 7) is 3.41. The van der Waals surface area contributed by atoms with Gasteiger partial charge < -0.3 is 5.11 Å². The lowest BCUT2D eigenvalue weighted by Gasteiger charge is -2.20. The molecule has 7 nitrogen and oxygen atoms in total. The Balaban J connectivity index is 3.18. The maximum Gasteiger partial charge on any atom is 0.356 e. The zero-order chi connectivity index (χ0) is 14.6. The molecule has 9 heteroatoms. The molecule has 0 aliphatic heterocycles. The monoisotopic (exact) mass is 303 g/mol. The number of hydrogen-bond acceptors (Lipinski definition) is 6. The maximum absolute atomic E-state index is 12.3. The highest BCUT2D eigenvalue weighted by atomic mass is 32.2. The Morgan fingerprint density at radius 1 is 1.68 bits per heavy atom. The summed E-state index contributed by atoms with van der Waals surface area (Å²) in [5.74, 6) is -1.86. The molecule has 104 valence electrons. The van der Waals surface area contributed by atoms with Crippen molar-refractivity contribution in [2.75, 3.05) is 13.1 Å². The Labute approximate surface area is 115 Å². The molecule has 1 aromatic rings. The average molecular weight is 303 g/mol. The Kier molecular flexibility index (Phi) is 4.99. The van der Waals surface area contributed by atoms with E-state index in [1.165, 1.54) is 5.51 Å². The summed E-state index contributed by atoms with van der Waals surface area (Å²) in [6.07, 6.45) is 0. The van der Waals surface area contributed by atoms with Crippen LogP contribution < -0.4 is 0 Å². The van der Waals surface area contributed by atoms with Crippen LogP contribution in [0.15, 0.2) is 9.72 Å². The van der Waals surface area contributed by atoms with Crippen molar-refractivity contribution in [1.82, 2.24) is 9.29 Å². The number of carbonyl (C=O) groups is 1. The number of carboxylic acids is 1. The zero-order valence-electron chi connectivity index (χ0n) is 10.4. The molecule has 19 heavy (non-hydrogen) atoms. The van der Waals surface area contributed by atoms with Crippen LogP contribution in [0.4, 0.5) is 0 Å². The van der Waals surface area contributed by atoms with Crippen LogP contribution in [0.25, 0.3) is 0 Å². The third kappa shape index (κ3) is 3.28. The van der Waals surface area contributed by atoms with Crippen LogP contribution in [-0.2, 0) is 10.0 Å². The van der Waals surface area contributed by atoms with Crippen molar-refractivity contribution in [1.29, 1.82) is 5.26 Å². The number of sulfonamides is 1. The lowest BCUT2D eigenvalue weighted by molar-refractivity contribution is 0.0687. The summed E-state index contributed by atoms with van der Waals surface area (Å²) in [6, 6.07) is 1.95. The van der Waals surface area contributed by atoms with Crippen LogP contribution >= 0.6 is 11.3 Å². The molecule has 0 saturated heterocycles. The molecule has 0 aliphatic carbocycles. The van der Waals surface area contributed by atoms with Gasteiger partial charge in [-0.05, 0) is 6.92 Å². The van der Waals surface area contributed by atoms with Crippen molar-refractivity contribution >= 4 is 27.3 Å². The molecule has 1 atom stereocenters. The van der Waals surface area contributed by atoms with Crippen molar-refractivity contribution in [3.05, 3.63) is 11.2 Å². The molecule has 0 bridgehead atoms. The first-order valence-electron chi connectivity index (χ1n) is 5.41. The molecular weight excluding hydrogens is 290 g/mol. The second kappa shape index (κ2) is 6.10. The minimum absolute atomic E-state index is 0.0201. The Morgan fingerprint density at radius 3 is 2.79 bits per heavy atom. The third-order valence-corrected chi connectivity index (χ3v) is 5.65. The minimum Gasteiger partial charge on any atom is -0.476 e. The minimum atomic E-state index is -3.93. The SMILES string of the molecule is CCN(CC(C)C#N)S(=O)(=O)c1scnc1C(=O)O. The third-order valence-electron chi connectivity index (χ3n) is 2.36. The van der Waals surface area contributed by atoms with Crippen molar-refractivity contribution in [3.8, 4) is 6.07 Å². The van der Waals surface area contributed by atoms with Gasteiger partial charge in [-0.1, -0.05) is 6.92 Å². The Bertz CT molecular complexity index is 603. The molecule has 0 aromatic carbocycles. The first kappa shape index (κ1) is 15.6. The molecule has 0 saturated carbocycles. The Hall–Kier alpha value is -1.50. The topological polar surface area (TPSA) is 111 Å². The number of rotatable bonds is 6. The summed E-state index contributed by atoms with van der Waals surface area (Å²) < 4.78 is 25.4. The lowest BCUT2D eigenvalue weighted by Crippen LogP contribution is -2.34. The van der Waals surface area contributed by atoms with Gasteiger partial charge in [0.2, 0.25) is 0 Å². The average Bonchev–Trinajstić information content (AvgIpc) is 2.85. The van der Waals surface area contributed by atoms with E-state index in [-0.39, 0.29) is 17.3 Å². The van der Waals surface area contributed by atoms with Gasteiger partial charge in [-0.25, -0.2) is 18.2 Å². The molecule has 0 amide bonds. The van der Waals surface area contributed by atoms with E-state index >= 15 is 0 Å². The van der Waals surface area contributed by atoms with E-state index in [1.54, 1.807) is 13.8 Å². The smallest absolute Gasteiger partial charge is 0.356 e. The van der Waals surface area contributed by atoms with Crippen molar-refractivity contribution in [3.63, 3.8) is 0 Å². The standard InChI is InChI=1S/C10H13N3O4S2/c1-3-13(5-7(2)4-11)19(16,17)10-8(9(14)15)12-6-18-10/h6-7H,3,5H2,1-2H3,(H,14,15). The van der Waals surface area contributed by atoms with Crippen LogP contribution in [0.3, 0.4) is 0 Å². The van der Waals surface area contributed by atoms with E-state index in [0.717, 1.165) is 15.6 Å². The highest BCUT2D eigenvalue weighted by molar-refractivity contribution is 7.91. The number of aromatic nitrogens is 1. The summed E-state index contributed by atoms with van der Waals surface area (Å²) in [7, 11) is -3.93. The molecule has 1 rings (SSSR count). The van der Waals surface area contributed by atoms with E-state index in [4.69, 9.17) is 10.4 Å². The molecule has 0 aliphatic rings. The first-order valence-corrected chi connectivity index (χ1v) is 7.73. The first-order chi connectivity index (χ1) is 8.84. The number of thiazole rings is 1. The summed E-state index contributed by atoms with van der Waals surface area (Å²) in [5, 5.41) is 17.7. The van der Waals surface area contributed by atoms with Gasteiger partial charge in [-0.15, -0.1) is 11.3 Å². The van der Waals surface area contributed by atoms with Crippen LogP contribution in [0.5, 0.6) is 0 Å². The fraction of sp³-hybridized carbons (Fsp3) is 0.500. The number of hydrogen-bond donors (Lipinski definition) is 1. The number of nitrogens with zero attached hydrogens (tertiary/aromatic N) is 3. The molecular formula is C10H13N3O4S2. The van der Waals surface area contributed by atoms with E-state index in [9.17, 15) is 13.2 Å². The number of aromatic carboxylic acids is 1. The van der Waals surface area contributed by atoms with Gasteiger partial charge in [0.1, 0.15) is 0 Å². The molecule has 0 radical (unpaired) electrons. The van der Waals surface area contributed by atoms with Gasteiger partial charge in [-0.2, -0.15) is 9.57 Å². The van der Waals surface area contributed by atoms with Gasteiger partial charge in [0.25, 0.3) is 10.0 Å². The van der Waals surface area contributed by atoms with E-state index in [1.807, 2.05) is 6.07 Å². The molecule has 1 unspecified atom stereocenters. The fourth-order valence-electron chi connectivity index (χ4n) is 1.42. The normalized spacial score (nSPS) is 13.2. The second-order valence-corrected chi connectivity index (χ2v) is 6.77. The quantitative estimate of drug-likeness (QED) is 0.839. The Morgan fingerprint density at radius 2 is 2.32 bits per heavy atom. The summed E-state index contributed by atoms with van der Waals surface area (Å²) in [5.41, 5.74) is 0.700. The number of nitriles is 1. The van der Waals surface area contributed by atoms with Gasteiger partial charge >= 0.3 is 5.97 Å². The molecule has 0 spiro atoms. The number of carboxylic acid groups (broad SMARTS) is 1. The van der Waals surface area contributed by atoms with Crippen LogP contribution in [0.2, 0.25) is 0 Å². The van der Waals surface area contributed by atoms with E-state index in [2.05, 4.69) is 4.98 Å². The molecule has 1 heterocycles. The summed E-state index contributed by atoms with van der Waals surface area (Å²) in [4.78, 5) is 14.5. The van der Waals surface area contributed by atoms with Crippen LogP contribution in [0, 0.1) is 17.2 Å². The largest absolute Gasteiger partial charge is 0.476 e. The predicted molar refractivity (Wildman–Crippen MR) is 68.3 cm³/mol. The van der Waals surface area contributed by atoms with Gasteiger partial charge in [0, 0.05) is 13.1 Å². The molecule has 1 aromatic heterocycles. The van der Waals surface area contributed by atoms with Gasteiger partial charge in [0.05, 0.1) is 17.5 Å². The van der Waals surface area contributed by atoms with Gasteiger partial charge in [0.15, 0.2) is 9.90 Å². The molecule has 0 fully saturated rings. The van der Waals surface area contributed by atoms with Crippen LogP contribution in [0.1, 0.15) is 24.3 Å². The lowest BCUT2D eigenvalue weighted by atomic mass is 10.2. The molecule has 1 N–H and O–H groups in total. The highest BCUT2D eigenvalue weighted by Crippen LogP contribution is 2.24. The maximum atomic E-state index is 12.3. The van der Waals surface area contributed by atoms with Crippen molar-refractivity contribution < 1.29 is 18.3 Å². The van der Waals surface area contributed by atoms with Gasteiger partial charge in [-0.3, -0.25) is 0 Å². The van der Waals surface area contributed by atoms with Crippen LogP contribution in [-0.4, -0.2) is 41.9 Å². The van der Waals surface area contributed by atoms with E-state index < -0.39 is 27.6 Å². The predicted octanol–water partition coefficient (Wildman–Crippen LogP) is 1.01. The highest BCUT2D eigenvalue weighted by Gasteiger charge is 2.31. The zero-order valence-corrected chi connectivity index (χ0v) is 12.0. The second-order valence-electron chi connectivity index (χ2n) is 3.78. The fourth-order valence-corrected chi connectivity index (χ4v) is 4.24. The van der Waals surface area contributed by atoms with E-state index in [0.29, 0.717) is 0 Å². The van der Waals surface area contributed by atoms with Crippen molar-refractivity contribution in [2.24, 2.45) is 5.92 Å². The van der Waals surface area contributed by atoms with Crippen molar-refractivity contribution in [2.45, 2.75) is 18.1 Å². The summed E-state index contributed by atoms with van der Waals surface area (Å²) >= 11 is 0.759.